The second-order valence-corrected chi connectivity index (χ2v) is 11.7. The number of carbonyl (C=O) groups is 2. The average molecular weight is 634 g/mol. The van der Waals surface area contributed by atoms with E-state index in [0.717, 1.165) is 22.5 Å². The van der Waals surface area contributed by atoms with Crippen molar-refractivity contribution in [1.82, 2.24) is 9.13 Å². The zero-order chi connectivity index (χ0) is 32.5. The minimum Gasteiger partial charge on any atom is -0.497 e. The molecule has 3 heterocycles. The Kier molecular flexibility index (Phi) is 8.29. The molecule has 0 unspecified atom stereocenters. The number of nitrogens with zero attached hydrogens (tertiary/aromatic N) is 3. The lowest BCUT2D eigenvalue weighted by atomic mass is 9.93. The van der Waals surface area contributed by atoms with E-state index in [1.807, 2.05) is 85.2 Å². The first-order valence-electron chi connectivity index (χ1n) is 14.7. The number of aromatic carboxylic acids is 1. The van der Waals surface area contributed by atoms with Crippen molar-refractivity contribution in [3.05, 3.63) is 144 Å². The molecule has 46 heavy (non-hydrogen) atoms. The standard InChI is InChI=1S/C36H31N3O6S/c1-5-45-35(43)30-31(23-11-7-6-8-12-23)37-36-39(32(30)24-13-10-16-28(19-24)44-4)33(40)29(46-36)20-26-17-21(2)38(22(26)3)27-15-9-14-25(18-27)34(41)42/h6-20,32H,5H2,1-4H3,(H,41,42)/b29-20-/t32-/m0/s1. The van der Waals surface area contributed by atoms with Crippen LogP contribution in [0, 0.1) is 13.8 Å². The van der Waals surface area contributed by atoms with Gasteiger partial charge in [0.15, 0.2) is 4.80 Å². The van der Waals surface area contributed by atoms with Crippen LogP contribution < -0.4 is 19.6 Å². The van der Waals surface area contributed by atoms with Crippen molar-refractivity contribution in [3.8, 4) is 11.4 Å². The Morgan fingerprint density at radius 3 is 2.48 bits per heavy atom. The van der Waals surface area contributed by atoms with E-state index in [9.17, 15) is 19.5 Å². The van der Waals surface area contributed by atoms with Gasteiger partial charge in [-0.05, 0) is 74.4 Å². The predicted octanol–water partition coefficient (Wildman–Crippen LogP) is 5.05. The Bertz CT molecular complexity index is 2210. The first-order valence-corrected chi connectivity index (χ1v) is 15.5. The average Bonchev–Trinajstić information content (AvgIpc) is 3.53. The van der Waals surface area contributed by atoms with Crippen molar-refractivity contribution in [1.29, 1.82) is 0 Å². The number of ether oxygens (including phenoxy) is 2. The number of aromatic nitrogens is 2. The second kappa shape index (κ2) is 12.5. The molecule has 0 radical (unpaired) electrons. The minimum absolute atomic E-state index is 0.157. The molecule has 0 fully saturated rings. The highest BCUT2D eigenvalue weighted by atomic mass is 32.1. The molecular weight excluding hydrogens is 602 g/mol. The maximum Gasteiger partial charge on any atom is 0.338 e. The van der Waals surface area contributed by atoms with Crippen LogP contribution in [0.3, 0.4) is 0 Å². The number of methoxy groups -OCH3 is 1. The van der Waals surface area contributed by atoms with Gasteiger partial charge in [-0.2, -0.15) is 0 Å². The second-order valence-electron chi connectivity index (χ2n) is 10.7. The van der Waals surface area contributed by atoms with Crippen molar-refractivity contribution < 1.29 is 24.2 Å². The SMILES string of the molecule is CCOC(=O)C1=C(c2ccccc2)N=c2s/c(=C\c3cc(C)n(-c4cccc(C(=O)O)c4)c3C)c(=O)n2[C@H]1c1cccc(OC)c1. The van der Waals surface area contributed by atoms with Crippen LogP contribution in [-0.2, 0) is 9.53 Å². The number of carboxylic acids is 1. The molecular formula is C36H31N3O6S. The molecule has 6 rings (SSSR count). The van der Waals surface area contributed by atoms with Crippen LogP contribution in [-0.4, -0.2) is 39.9 Å². The van der Waals surface area contributed by atoms with Gasteiger partial charge in [0.1, 0.15) is 5.75 Å². The Hall–Kier alpha value is -5.48. The molecule has 1 aliphatic heterocycles. The van der Waals surface area contributed by atoms with E-state index in [1.54, 1.807) is 42.9 Å². The van der Waals surface area contributed by atoms with Gasteiger partial charge >= 0.3 is 11.9 Å². The van der Waals surface area contributed by atoms with Crippen LogP contribution >= 0.6 is 11.3 Å². The molecule has 1 aliphatic rings. The van der Waals surface area contributed by atoms with Gasteiger partial charge in [0.2, 0.25) is 0 Å². The number of rotatable bonds is 8. The number of benzene rings is 3. The van der Waals surface area contributed by atoms with Crippen LogP contribution in [0.5, 0.6) is 5.75 Å². The van der Waals surface area contributed by atoms with Crippen molar-refractivity contribution in [2.24, 2.45) is 4.99 Å². The van der Waals surface area contributed by atoms with E-state index in [-0.39, 0.29) is 23.3 Å². The Balaban J connectivity index is 1.59. The smallest absolute Gasteiger partial charge is 0.338 e. The lowest BCUT2D eigenvalue weighted by Crippen LogP contribution is -2.40. The van der Waals surface area contributed by atoms with E-state index < -0.39 is 18.0 Å². The molecule has 9 nitrogen and oxygen atoms in total. The third-order valence-corrected chi connectivity index (χ3v) is 8.87. The molecule has 1 N–H and O–H groups in total. The molecule has 0 saturated carbocycles. The van der Waals surface area contributed by atoms with Crippen molar-refractivity contribution in [2.45, 2.75) is 26.8 Å². The first kappa shape index (κ1) is 30.5. The molecule has 3 aromatic carbocycles. The lowest BCUT2D eigenvalue weighted by molar-refractivity contribution is -0.138. The van der Waals surface area contributed by atoms with Gasteiger partial charge in [-0.3, -0.25) is 9.36 Å². The normalized spacial score (nSPS) is 14.5. The van der Waals surface area contributed by atoms with E-state index >= 15 is 0 Å². The summed E-state index contributed by atoms with van der Waals surface area (Å²) in [6.07, 6.45) is 1.82. The number of hydrogen-bond acceptors (Lipinski definition) is 7. The van der Waals surface area contributed by atoms with Crippen molar-refractivity contribution in [3.63, 3.8) is 0 Å². The predicted molar refractivity (Wildman–Crippen MR) is 176 cm³/mol. The molecule has 1 atom stereocenters. The summed E-state index contributed by atoms with van der Waals surface area (Å²) in [7, 11) is 1.57. The van der Waals surface area contributed by atoms with Gasteiger partial charge in [0, 0.05) is 22.6 Å². The molecule has 0 bridgehead atoms. The van der Waals surface area contributed by atoms with E-state index in [0.29, 0.717) is 32.0 Å². The number of esters is 1. The van der Waals surface area contributed by atoms with E-state index in [2.05, 4.69) is 0 Å². The zero-order valence-corrected chi connectivity index (χ0v) is 26.5. The largest absolute Gasteiger partial charge is 0.497 e. The van der Waals surface area contributed by atoms with Crippen LogP contribution in [0.1, 0.15) is 51.4 Å². The summed E-state index contributed by atoms with van der Waals surface area (Å²) >= 11 is 1.24. The van der Waals surface area contributed by atoms with Crippen molar-refractivity contribution in [2.75, 3.05) is 13.7 Å². The first-order chi connectivity index (χ1) is 22.2. The number of hydrogen-bond donors (Lipinski definition) is 1. The van der Waals surface area contributed by atoms with Crippen LogP contribution in [0.15, 0.2) is 100 Å². The quantitative estimate of drug-likeness (QED) is 0.240. The highest BCUT2D eigenvalue weighted by molar-refractivity contribution is 7.07. The molecule has 0 saturated heterocycles. The molecule has 0 aliphatic carbocycles. The van der Waals surface area contributed by atoms with Gasteiger partial charge in [-0.15, -0.1) is 0 Å². The summed E-state index contributed by atoms with van der Waals surface area (Å²) in [5, 5.41) is 9.51. The van der Waals surface area contributed by atoms with Gasteiger partial charge in [-0.1, -0.05) is 59.9 Å². The molecule has 0 amide bonds. The Morgan fingerprint density at radius 2 is 1.76 bits per heavy atom. The third-order valence-electron chi connectivity index (χ3n) is 7.89. The number of thiazole rings is 1. The minimum atomic E-state index is -1.01. The third kappa shape index (κ3) is 5.48. The summed E-state index contributed by atoms with van der Waals surface area (Å²) in [5.41, 5.74) is 5.21. The number of fused-ring (bicyclic) bond motifs is 1. The lowest BCUT2D eigenvalue weighted by Gasteiger charge is -2.26. The van der Waals surface area contributed by atoms with Gasteiger partial charge in [0.05, 0.1) is 41.1 Å². The Labute approximate surface area is 268 Å². The Morgan fingerprint density at radius 1 is 1.00 bits per heavy atom. The van der Waals surface area contributed by atoms with E-state index in [4.69, 9.17) is 14.5 Å². The fraction of sp³-hybridized carbons (Fsp3) is 0.167. The summed E-state index contributed by atoms with van der Waals surface area (Å²) in [4.78, 5) is 45.0. The van der Waals surface area contributed by atoms with Gasteiger partial charge < -0.3 is 19.1 Å². The molecule has 5 aromatic rings. The van der Waals surface area contributed by atoms with Gasteiger partial charge in [-0.25, -0.2) is 14.6 Å². The summed E-state index contributed by atoms with van der Waals surface area (Å²) in [6.45, 7) is 5.75. The molecule has 232 valence electrons. The number of carboxylic acid groups (broad SMARTS) is 1. The van der Waals surface area contributed by atoms with E-state index in [1.165, 1.54) is 11.3 Å². The highest BCUT2D eigenvalue weighted by Crippen LogP contribution is 2.36. The molecule has 0 spiro atoms. The number of aryl methyl sites for hydroxylation is 1. The topological polar surface area (TPSA) is 112 Å². The summed E-state index contributed by atoms with van der Waals surface area (Å²) < 4.78 is 15.0. The highest BCUT2D eigenvalue weighted by Gasteiger charge is 2.35. The monoisotopic (exact) mass is 633 g/mol. The van der Waals surface area contributed by atoms with Crippen molar-refractivity contribution >= 4 is 35.0 Å². The maximum absolute atomic E-state index is 14.3. The van der Waals surface area contributed by atoms with Crippen LogP contribution in [0.2, 0.25) is 0 Å². The number of carbonyl (C=O) groups excluding carboxylic acids is 1. The van der Waals surface area contributed by atoms with Crippen LogP contribution in [0.4, 0.5) is 0 Å². The van der Waals surface area contributed by atoms with Crippen LogP contribution in [0.25, 0.3) is 17.5 Å². The van der Waals surface area contributed by atoms with Gasteiger partial charge in [0.25, 0.3) is 5.56 Å². The fourth-order valence-electron chi connectivity index (χ4n) is 5.82. The fourth-order valence-corrected chi connectivity index (χ4v) is 6.81. The zero-order valence-electron chi connectivity index (χ0n) is 25.7. The summed E-state index contributed by atoms with van der Waals surface area (Å²) in [5.74, 6) is -0.979. The molecule has 2 aromatic heterocycles. The molecule has 10 heteroatoms. The maximum atomic E-state index is 14.3. The summed E-state index contributed by atoms with van der Waals surface area (Å²) in [6, 6.07) is 24.6.